The molecule has 29 heavy (non-hydrogen) atoms. The van der Waals surface area contributed by atoms with Gasteiger partial charge in [0.05, 0.1) is 23.1 Å². The molecule has 166 valence electrons. The maximum Gasteiger partial charge on any atom is 0.417 e. The van der Waals surface area contributed by atoms with E-state index in [1.807, 2.05) is 65.4 Å². The summed E-state index contributed by atoms with van der Waals surface area (Å²) in [5.41, 5.74) is 1.42. The molecule has 2 aromatic rings. The van der Waals surface area contributed by atoms with Gasteiger partial charge >= 0.3 is 6.18 Å². The average molecular weight is 415 g/mol. The second-order valence-corrected chi connectivity index (χ2v) is 6.13. The van der Waals surface area contributed by atoms with Gasteiger partial charge in [0.1, 0.15) is 0 Å². The van der Waals surface area contributed by atoms with Crippen LogP contribution in [0.5, 0.6) is 0 Å². The summed E-state index contributed by atoms with van der Waals surface area (Å²) >= 11 is 0. The highest BCUT2D eigenvalue weighted by molar-refractivity contribution is 5.83. The molecule has 1 unspecified atom stereocenters. The van der Waals surface area contributed by atoms with Crippen molar-refractivity contribution in [3.63, 3.8) is 0 Å². The summed E-state index contributed by atoms with van der Waals surface area (Å²) in [6.45, 7) is 14.7. The molecule has 0 bridgehead atoms. The van der Waals surface area contributed by atoms with Crippen LogP contribution >= 0.6 is 0 Å². The third kappa shape index (κ3) is 6.15. The van der Waals surface area contributed by atoms with Crippen molar-refractivity contribution in [2.24, 2.45) is 7.05 Å². The minimum Gasteiger partial charge on any atom is -0.371 e. The number of anilines is 2. The minimum atomic E-state index is -4.41. The summed E-state index contributed by atoms with van der Waals surface area (Å²) in [6.07, 6.45) is -1.34. The number of aromatic nitrogens is 2. The quantitative estimate of drug-likeness (QED) is 0.535. The largest absolute Gasteiger partial charge is 0.417 e. The molecule has 2 heterocycles. The minimum absolute atomic E-state index is 0.165. The zero-order valence-corrected chi connectivity index (χ0v) is 19.5. The first-order valence-electron chi connectivity index (χ1n) is 10.4. The molecule has 0 aliphatic carbocycles. The van der Waals surface area contributed by atoms with Crippen molar-refractivity contribution in [2.75, 3.05) is 30.4 Å². The van der Waals surface area contributed by atoms with Gasteiger partial charge in [0, 0.05) is 45.5 Å². The number of rotatable bonds is 1. The molecular weight excluding hydrogens is 377 g/mol. The Balaban J connectivity index is 0.00000120. The number of nitrogens with zero attached hydrogens (tertiary/aromatic N) is 4. The van der Waals surface area contributed by atoms with Crippen molar-refractivity contribution < 1.29 is 13.2 Å². The third-order valence-corrected chi connectivity index (χ3v) is 4.43. The first-order valence-corrected chi connectivity index (χ1v) is 10.4. The first-order chi connectivity index (χ1) is 13.7. The zero-order valence-electron chi connectivity index (χ0n) is 19.5. The van der Waals surface area contributed by atoms with Crippen LogP contribution < -0.4 is 9.80 Å². The van der Waals surface area contributed by atoms with Crippen molar-refractivity contribution >= 4 is 11.4 Å². The molecule has 0 radical (unpaired) electrons. The maximum absolute atomic E-state index is 13.6. The fourth-order valence-corrected chi connectivity index (χ4v) is 3.05. The molecule has 1 aromatic heterocycles. The molecule has 1 aliphatic rings. The molecule has 1 atom stereocenters. The Morgan fingerprint density at radius 1 is 0.931 bits per heavy atom. The zero-order chi connectivity index (χ0) is 22.9. The van der Waals surface area contributed by atoms with Gasteiger partial charge in [-0.25, -0.2) is 0 Å². The molecule has 0 amide bonds. The van der Waals surface area contributed by atoms with E-state index in [4.69, 9.17) is 0 Å². The van der Waals surface area contributed by atoms with E-state index in [1.165, 1.54) is 16.9 Å². The van der Waals surface area contributed by atoms with Gasteiger partial charge in [0.15, 0.2) is 0 Å². The van der Waals surface area contributed by atoms with E-state index in [-0.39, 0.29) is 11.6 Å². The summed E-state index contributed by atoms with van der Waals surface area (Å²) in [4.78, 5) is 3.90. The Morgan fingerprint density at radius 2 is 1.48 bits per heavy atom. The lowest BCUT2D eigenvalue weighted by Crippen LogP contribution is -2.44. The van der Waals surface area contributed by atoms with E-state index < -0.39 is 11.7 Å². The lowest BCUT2D eigenvalue weighted by Gasteiger charge is -2.40. The van der Waals surface area contributed by atoms with Gasteiger partial charge in [-0.3, -0.25) is 4.68 Å². The standard InChI is InChI=1S/C16H19F3N4.3C2H6/c1-10-8-21(2)14-6-13(16(17,18)19)12(5-15(14)23(10)4)11-7-20-22(3)9-11;3*1-2/h5-7,9-10H,8H2,1-4H3;3*1-2H3. The van der Waals surface area contributed by atoms with Crippen molar-refractivity contribution in [2.45, 2.75) is 60.7 Å². The fraction of sp³-hybridized carbons (Fsp3) is 0.591. The Hall–Kier alpha value is -2.18. The fourth-order valence-electron chi connectivity index (χ4n) is 3.05. The summed E-state index contributed by atoms with van der Waals surface area (Å²) in [5.74, 6) is 0. The Labute approximate surface area is 174 Å². The Bertz CT molecular complexity index is 738. The molecule has 0 N–H and O–H groups in total. The lowest BCUT2D eigenvalue weighted by molar-refractivity contribution is -0.137. The lowest BCUT2D eigenvalue weighted by atomic mass is 9.97. The van der Waals surface area contributed by atoms with E-state index >= 15 is 0 Å². The van der Waals surface area contributed by atoms with Gasteiger partial charge in [-0.2, -0.15) is 18.3 Å². The van der Waals surface area contributed by atoms with Crippen molar-refractivity contribution in [3.05, 3.63) is 30.1 Å². The van der Waals surface area contributed by atoms with Crippen LogP contribution in [0, 0.1) is 0 Å². The highest BCUT2D eigenvalue weighted by atomic mass is 19.4. The van der Waals surface area contributed by atoms with Crippen LogP contribution in [0.1, 0.15) is 54.0 Å². The molecule has 0 fully saturated rings. The third-order valence-electron chi connectivity index (χ3n) is 4.43. The van der Waals surface area contributed by atoms with Gasteiger partial charge in [-0.15, -0.1) is 0 Å². The van der Waals surface area contributed by atoms with Gasteiger partial charge in [0.2, 0.25) is 0 Å². The molecule has 0 saturated heterocycles. The molecule has 4 nitrogen and oxygen atoms in total. The molecular formula is C22H37F3N4. The predicted molar refractivity (Wildman–Crippen MR) is 119 cm³/mol. The predicted octanol–water partition coefficient (Wildman–Crippen LogP) is 6.46. The second kappa shape index (κ2) is 11.7. The monoisotopic (exact) mass is 414 g/mol. The molecule has 1 aliphatic heterocycles. The highest BCUT2D eigenvalue weighted by Gasteiger charge is 2.37. The number of halogens is 3. The van der Waals surface area contributed by atoms with Crippen LogP contribution in [0.2, 0.25) is 0 Å². The summed E-state index contributed by atoms with van der Waals surface area (Å²) in [7, 11) is 5.43. The number of likely N-dealkylation sites (N-methyl/N-ethyl adjacent to an activating group) is 2. The Kier molecular flexibility index (Phi) is 10.9. The van der Waals surface area contributed by atoms with Crippen molar-refractivity contribution in [3.8, 4) is 11.1 Å². The van der Waals surface area contributed by atoms with Crippen molar-refractivity contribution in [1.29, 1.82) is 0 Å². The van der Waals surface area contributed by atoms with E-state index in [9.17, 15) is 13.2 Å². The number of benzene rings is 1. The molecule has 7 heteroatoms. The van der Waals surface area contributed by atoms with E-state index in [2.05, 4.69) is 12.0 Å². The Morgan fingerprint density at radius 3 is 1.93 bits per heavy atom. The maximum atomic E-state index is 13.6. The van der Waals surface area contributed by atoms with Crippen LogP contribution in [0.3, 0.4) is 0 Å². The normalized spacial score (nSPS) is 15.1. The number of hydrogen-bond acceptors (Lipinski definition) is 3. The van der Waals surface area contributed by atoms with E-state index in [1.54, 1.807) is 19.3 Å². The van der Waals surface area contributed by atoms with Crippen molar-refractivity contribution in [1.82, 2.24) is 9.78 Å². The number of alkyl halides is 3. The van der Waals surface area contributed by atoms with E-state index in [0.29, 0.717) is 17.8 Å². The van der Waals surface area contributed by atoms with Gasteiger partial charge in [-0.1, -0.05) is 41.5 Å². The summed E-state index contributed by atoms with van der Waals surface area (Å²) in [5, 5.41) is 4.00. The average Bonchev–Trinajstić information content (AvgIpc) is 3.15. The second-order valence-electron chi connectivity index (χ2n) is 6.13. The molecule has 0 saturated carbocycles. The van der Waals surface area contributed by atoms with Gasteiger partial charge in [-0.05, 0) is 24.6 Å². The SMILES string of the molecule is CC.CC.CC.CC1CN(C)c2cc(C(F)(F)F)c(-c3cnn(C)c3)cc2N1C. The number of fused-ring (bicyclic) bond motifs is 1. The van der Waals surface area contributed by atoms with E-state index in [0.717, 1.165) is 5.69 Å². The smallest absolute Gasteiger partial charge is 0.371 e. The van der Waals surface area contributed by atoms with Crippen LogP contribution in [-0.2, 0) is 13.2 Å². The topological polar surface area (TPSA) is 24.3 Å². The molecule has 3 rings (SSSR count). The van der Waals surface area contributed by atoms with Crippen LogP contribution in [0.4, 0.5) is 24.5 Å². The van der Waals surface area contributed by atoms with Crippen LogP contribution in [-0.4, -0.2) is 36.5 Å². The number of hydrogen-bond donors (Lipinski definition) is 0. The molecule has 1 aromatic carbocycles. The highest BCUT2D eigenvalue weighted by Crippen LogP contribution is 2.44. The van der Waals surface area contributed by atoms with Gasteiger partial charge < -0.3 is 9.80 Å². The summed E-state index contributed by atoms with van der Waals surface area (Å²) < 4.78 is 42.2. The number of aryl methyl sites for hydroxylation is 1. The molecule has 0 spiro atoms. The van der Waals surface area contributed by atoms with Crippen LogP contribution in [0.15, 0.2) is 24.5 Å². The van der Waals surface area contributed by atoms with Crippen LogP contribution in [0.25, 0.3) is 11.1 Å². The first kappa shape index (κ1) is 26.8. The summed E-state index contributed by atoms with van der Waals surface area (Å²) in [6, 6.07) is 3.10. The van der Waals surface area contributed by atoms with Gasteiger partial charge in [0.25, 0.3) is 0 Å².